The first-order valence-electron chi connectivity index (χ1n) is 7.51. The number of methoxy groups -OCH3 is 1. The normalized spacial score (nSPS) is 10.5. The van der Waals surface area contributed by atoms with E-state index < -0.39 is 0 Å². The lowest BCUT2D eigenvalue weighted by atomic mass is 10.2. The molecule has 0 aliphatic carbocycles. The van der Waals surface area contributed by atoms with Gasteiger partial charge in [0.1, 0.15) is 5.75 Å². The summed E-state index contributed by atoms with van der Waals surface area (Å²) in [5, 5.41) is 17.0. The molecular weight excluding hydrogens is 342 g/mol. The fourth-order valence-corrected chi connectivity index (χ4v) is 2.57. The zero-order chi connectivity index (χ0) is 17.8. The fraction of sp³-hybridized carbons (Fsp3) is 0.111. The maximum atomic E-state index is 12.4. The Bertz CT molecular complexity index is 908. The Hall–Kier alpha value is -2.83. The van der Waals surface area contributed by atoms with Gasteiger partial charge in [0.25, 0.3) is 5.91 Å². The van der Waals surface area contributed by atoms with Crippen molar-refractivity contribution >= 4 is 23.2 Å². The minimum absolute atomic E-state index is 0.184. The minimum Gasteiger partial charge on any atom is -0.496 e. The number of amides is 1. The number of hydrogen-bond donors (Lipinski definition) is 2. The van der Waals surface area contributed by atoms with Gasteiger partial charge >= 0.3 is 0 Å². The summed E-state index contributed by atoms with van der Waals surface area (Å²) in [6, 6.07) is 13.8. The molecule has 0 aliphatic heterocycles. The van der Waals surface area contributed by atoms with Crippen molar-refractivity contribution in [2.45, 2.75) is 6.61 Å². The number of carbonyl (C=O) groups excluding carboxylic acids is 1. The van der Waals surface area contributed by atoms with Crippen LogP contribution in [-0.2, 0) is 6.61 Å². The van der Waals surface area contributed by atoms with Gasteiger partial charge < -0.3 is 15.2 Å². The van der Waals surface area contributed by atoms with E-state index in [0.29, 0.717) is 22.0 Å². The highest BCUT2D eigenvalue weighted by Gasteiger charge is 2.12. The van der Waals surface area contributed by atoms with Crippen LogP contribution in [0.25, 0.3) is 5.69 Å². The number of benzene rings is 2. The second kappa shape index (κ2) is 7.38. The molecule has 1 aromatic heterocycles. The molecule has 0 spiro atoms. The van der Waals surface area contributed by atoms with E-state index in [9.17, 15) is 9.90 Å². The number of ether oxygens (including phenoxy) is 1. The third kappa shape index (κ3) is 3.81. The molecule has 7 heteroatoms. The number of rotatable bonds is 5. The summed E-state index contributed by atoms with van der Waals surface area (Å²) in [5.74, 6) is 0.209. The SMILES string of the molecule is COc1ccc(NC(=O)c2ccn(-c3cccc(Cl)c3)n2)cc1CO. The molecule has 3 aromatic rings. The summed E-state index contributed by atoms with van der Waals surface area (Å²) in [5.41, 5.74) is 2.16. The van der Waals surface area contributed by atoms with Gasteiger partial charge in [0.15, 0.2) is 5.69 Å². The molecule has 1 amide bonds. The van der Waals surface area contributed by atoms with E-state index in [1.54, 1.807) is 47.3 Å². The molecule has 2 N–H and O–H groups in total. The first kappa shape index (κ1) is 17.0. The standard InChI is InChI=1S/C18H16ClN3O3/c1-25-17-6-5-14(9-12(17)11-23)20-18(24)16-7-8-22(21-16)15-4-2-3-13(19)10-15/h2-10,23H,11H2,1H3,(H,20,24). The van der Waals surface area contributed by atoms with Crippen molar-refractivity contribution in [3.05, 3.63) is 71.0 Å². The minimum atomic E-state index is -0.352. The van der Waals surface area contributed by atoms with Crippen molar-refractivity contribution in [1.82, 2.24) is 9.78 Å². The van der Waals surface area contributed by atoms with Crippen molar-refractivity contribution in [1.29, 1.82) is 0 Å². The zero-order valence-electron chi connectivity index (χ0n) is 13.4. The number of anilines is 1. The average Bonchev–Trinajstić information content (AvgIpc) is 3.12. The summed E-state index contributed by atoms with van der Waals surface area (Å²) < 4.78 is 6.72. The largest absolute Gasteiger partial charge is 0.496 e. The van der Waals surface area contributed by atoms with E-state index in [1.807, 2.05) is 12.1 Å². The second-order valence-electron chi connectivity index (χ2n) is 5.26. The van der Waals surface area contributed by atoms with Crippen molar-refractivity contribution in [3.8, 4) is 11.4 Å². The van der Waals surface area contributed by atoms with Crippen molar-refractivity contribution in [2.75, 3.05) is 12.4 Å². The molecule has 128 valence electrons. The van der Waals surface area contributed by atoms with Gasteiger partial charge in [-0.15, -0.1) is 0 Å². The number of hydrogen-bond acceptors (Lipinski definition) is 4. The number of aliphatic hydroxyl groups is 1. The van der Waals surface area contributed by atoms with Crippen LogP contribution in [0.1, 0.15) is 16.1 Å². The molecular formula is C18H16ClN3O3. The Morgan fingerprint density at radius 1 is 1.28 bits per heavy atom. The lowest BCUT2D eigenvalue weighted by Gasteiger charge is -2.09. The van der Waals surface area contributed by atoms with Crippen LogP contribution in [0.2, 0.25) is 5.02 Å². The van der Waals surface area contributed by atoms with Gasteiger partial charge in [0, 0.05) is 22.5 Å². The zero-order valence-corrected chi connectivity index (χ0v) is 14.2. The Kier molecular flexibility index (Phi) is 5.02. The second-order valence-corrected chi connectivity index (χ2v) is 5.70. The molecule has 0 aliphatic rings. The molecule has 0 fully saturated rings. The summed E-state index contributed by atoms with van der Waals surface area (Å²) in [4.78, 5) is 12.4. The summed E-state index contributed by atoms with van der Waals surface area (Å²) in [6.07, 6.45) is 1.69. The van der Waals surface area contributed by atoms with Crippen LogP contribution >= 0.6 is 11.6 Å². The van der Waals surface area contributed by atoms with Gasteiger partial charge in [0.2, 0.25) is 0 Å². The van der Waals surface area contributed by atoms with Crippen LogP contribution in [0.15, 0.2) is 54.7 Å². The molecule has 0 bridgehead atoms. The summed E-state index contributed by atoms with van der Waals surface area (Å²) >= 11 is 5.97. The maximum absolute atomic E-state index is 12.4. The van der Waals surface area contributed by atoms with Crippen LogP contribution in [0.4, 0.5) is 5.69 Å². The van der Waals surface area contributed by atoms with E-state index in [2.05, 4.69) is 10.4 Å². The van der Waals surface area contributed by atoms with Gasteiger partial charge in [0.05, 0.1) is 19.4 Å². The first-order valence-corrected chi connectivity index (χ1v) is 7.89. The number of aliphatic hydroxyl groups excluding tert-OH is 1. The highest BCUT2D eigenvalue weighted by atomic mass is 35.5. The van der Waals surface area contributed by atoms with Gasteiger partial charge in [-0.1, -0.05) is 17.7 Å². The molecule has 3 rings (SSSR count). The van der Waals surface area contributed by atoms with Gasteiger partial charge in [-0.25, -0.2) is 4.68 Å². The smallest absolute Gasteiger partial charge is 0.276 e. The molecule has 0 atom stereocenters. The topological polar surface area (TPSA) is 76.4 Å². The molecule has 0 radical (unpaired) electrons. The van der Waals surface area contributed by atoms with Crippen LogP contribution in [-0.4, -0.2) is 27.9 Å². The summed E-state index contributed by atoms with van der Waals surface area (Å²) in [6.45, 7) is -0.184. The predicted octanol–water partition coefficient (Wildman–Crippen LogP) is 3.28. The Balaban J connectivity index is 1.78. The third-order valence-corrected chi connectivity index (χ3v) is 3.84. The quantitative estimate of drug-likeness (QED) is 0.734. The van der Waals surface area contributed by atoms with Crippen LogP contribution in [0.3, 0.4) is 0 Å². The number of carbonyl (C=O) groups is 1. The monoisotopic (exact) mass is 357 g/mol. The average molecular weight is 358 g/mol. The number of nitrogens with zero attached hydrogens (tertiary/aromatic N) is 2. The Morgan fingerprint density at radius 2 is 2.12 bits per heavy atom. The Labute approximate surface area is 149 Å². The molecule has 1 heterocycles. The van der Waals surface area contributed by atoms with E-state index >= 15 is 0 Å². The van der Waals surface area contributed by atoms with E-state index in [0.717, 1.165) is 5.69 Å². The maximum Gasteiger partial charge on any atom is 0.276 e. The van der Waals surface area contributed by atoms with Crippen LogP contribution in [0.5, 0.6) is 5.75 Å². The van der Waals surface area contributed by atoms with Crippen LogP contribution < -0.4 is 10.1 Å². The van der Waals surface area contributed by atoms with Crippen molar-refractivity contribution in [2.24, 2.45) is 0 Å². The fourth-order valence-electron chi connectivity index (χ4n) is 2.38. The highest BCUT2D eigenvalue weighted by Crippen LogP contribution is 2.23. The number of halogens is 1. The first-order chi connectivity index (χ1) is 12.1. The lowest BCUT2D eigenvalue weighted by Crippen LogP contribution is -2.13. The molecule has 2 aromatic carbocycles. The highest BCUT2D eigenvalue weighted by molar-refractivity contribution is 6.30. The lowest BCUT2D eigenvalue weighted by molar-refractivity contribution is 0.102. The Morgan fingerprint density at radius 3 is 2.84 bits per heavy atom. The van der Waals surface area contributed by atoms with Crippen molar-refractivity contribution < 1.29 is 14.6 Å². The van der Waals surface area contributed by atoms with Crippen LogP contribution in [0, 0.1) is 0 Å². The number of nitrogens with one attached hydrogen (secondary N) is 1. The van der Waals surface area contributed by atoms with E-state index in [4.69, 9.17) is 16.3 Å². The van der Waals surface area contributed by atoms with Gasteiger partial charge in [-0.2, -0.15) is 5.10 Å². The van der Waals surface area contributed by atoms with Crippen molar-refractivity contribution in [3.63, 3.8) is 0 Å². The molecule has 0 unspecified atom stereocenters. The predicted molar refractivity (Wildman–Crippen MR) is 95.4 cm³/mol. The van der Waals surface area contributed by atoms with Gasteiger partial charge in [-0.3, -0.25) is 4.79 Å². The molecule has 0 saturated carbocycles. The van der Waals surface area contributed by atoms with E-state index in [1.165, 1.54) is 7.11 Å². The molecule has 6 nitrogen and oxygen atoms in total. The van der Waals surface area contributed by atoms with E-state index in [-0.39, 0.29) is 18.2 Å². The number of aromatic nitrogens is 2. The van der Waals surface area contributed by atoms with Gasteiger partial charge in [-0.05, 0) is 42.5 Å². The third-order valence-electron chi connectivity index (χ3n) is 3.60. The molecule has 25 heavy (non-hydrogen) atoms. The molecule has 0 saturated heterocycles. The summed E-state index contributed by atoms with van der Waals surface area (Å²) in [7, 11) is 1.52.